The summed E-state index contributed by atoms with van der Waals surface area (Å²) in [4.78, 5) is 23.3. The second-order valence-electron chi connectivity index (χ2n) is 4.19. The maximum absolute atomic E-state index is 11.8. The van der Waals surface area contributed by atoms with Crippen molar-refractivity contribution in [2.24, 2.45) is 0 Å². The van der Waals surface area contributed by atoms with Crippen molar-refractivity contribution >= 4 is 23.7 Å². The van der Waals surface area contributed by atoms with Gasteiger partial charge in [0.2, 0.25) is 0 Å². The van der Waals surface area contributed by atoms with Gasteiger partial charge in [-0.05, 0) is 23.8 Å². The zero-order valence-corrected chi connectivity index (χ0v) is 11.0. The highest BCUT2D eigenvalue weighted by Crippen LogP contribution is 2.24. The van der Waals surface area contributed by atoms with Crippen LogP contribution in [-0.2, 0) is 9.53 Å². The standard InChI is InChI=1S/C16H13NO4/c17-15-12(7-4-8-13(15)18)16(20)21-14(19)10-9-11-5-2-1-3-6-11/h1-10,18H,17H2. The molecule has 0 radical (unpaired) electrons. The molecule has 0 atom stereocenters. The molecule has 0 spiro atoms. The number of rotatable bonds is 3. The van der Waals surface area contributed by atoms with Gasteiger partial charge in [0.25, 0.3) is 0 Å². The van der Waals surface area contributed by atoms with Gasteiger partial charge in [0, 0.05) is 6.08 Å². The van der Waals surface area contributed by atoms with Crippen molar-refractivity contribution in [2.45, 2.75) is 0 Å². The first-order valence-electron chi connectivity index (χ1n) is 6.14. The van der Waals surface area contributed by atoms with Gasteiger partial charge in [0.1, 0.15) is 5.75 Å². The highest BCUT2D eigenvalue weighted by molar-refractivity contribution is 6.04. The highest BCUT2D eigenvalue weighted by atomic mass is 16.6. The zero-order valence-electron chi connectivity index (χ0n) is 11.0. The topological polar surface area (TPSA) is 89.6 Å². The summed E-state index contributed by atoms with van der Waals surface area (Å²) in [5.74, 6) is -1.96. The molecule has 21 heavy (non-hydrogen) atoms. The van der Waals surface area contributed by atoms with Gasteiger partial charge < -0.3 is 15.6 Å². The number of esters is 2. The van der Waals surface area contributed by atoms with Crippen LogP contribution in [0.2, 0.25) is 0 Å². The Labute approximate surface area is 121 Å². The maximum Gasteiger partial charge on any atom is 0.348 e. The quantitative estimate of drug-likeness (QED) is 0.297. The smallest absolute Gasteiger partial charge is 0.348 e. The molecule has 0 saturated heterocycles. The fourth-order valence-electron chi connectivity index (χ4n) is 1.64. The second kappa shape index (κ2) is 6.38. The van der Waals surface area contributed by atoms with Crippen LogP contribution >= 0.6 is 0 Å². The van der Waals surface area contributed by atoms with Crippen molar-refractivity contribution in [3.8, 4) is 5.75 Å². The van der Waals surface area contributed by atoms with E-state index in [2.05, 4.69) is 4.74 Å². The predicted molar refractivity (Wildman–Crippen MR) is 78.4 cm³/mol. The van der Waals surface area contributed by atoms with Crippen LogP contribution in [0.5, 0.6) is 5.75 Å². The lowest BCUT2D eigenvalue weighted by molar-refractivity contribution is -0.132. The molecule has 2 aromatic carbocycles. The van der Waals surface area contributed by atoms with Crippen molar-refractivity contribution in [3.63, 3.8) is 0 Å². The lowest BCUT2D eigenvalue weighted by Gasteiger charge is -2.05. The van der Waals surface area contributed by atoms with Gasteiger partial charge in [0.15, 0.2) is 0 Å². The van der Waals surface area contributed by atoms with Crippen molar-refractivity contribution in [1.82, 2.24) is 0 Å². The third-order valence-electron chi connectivity index (χ3n) is 2.71. The van der Waals surface area contributed by atoms with Gasteiger partial charge in [-0.1, -0.05) is 36.4 Å². The Morgan fingerprint density at radius 1 is 1.05 bits per heavy atom. The number of phenols is 1. The first kappa shape index (κ1) is 14.3. The summed E-state index contributed by atoms with van der Waals surface area (Å²) in [6.45, 7) is 0. The fourth-order valence-corrected chi connectivity index (χ4v) is 1.64. The predicted octanol–water partition coefficient (Wildman–Crippen LogP) is 2.37. The summed E-state index contributed by atoms with van der Waals surface area (Å²) in [6.07, 6.45) is 2.67. The molecule has 0 fully saturated rings. The van der Waals surface area contributed by atoms with Crippen molar-refractivity contribution in [2.75, 3.05) is 5.73 Å². The highest BCUT2D eigenvalue weighted by Gasteiger charge is 2.16. The van der Waals surface area contributed by atoms with Crippen molar-refractivity contribution in [3.05, 3.63) is 65.7 Å². The minimum atomic E-state index is -0.911. The van der Waals surface area contributed by atoms with Crippen LogP contribution in [-0.4, -0.2) is 17.0 Å². The van der Waals surface area contributed by atoms with Crippen LogP contribution in [0.4, 0.5) is 5.69 Å². The van der Waals surface area contributed by atoms with E-state index in [9.17, 15) is 14.7 Å². The number of phenolic OH excluding ortho intramolecular Hbond substituents is 1. The minimum Gasteiger partial charge on any atom is -0.506 e. The first-order valence-corrected chi connectivity index (χ1v) is 6.14. The number of hydrogen-bond acceptors (Lipinski definition) is 5. The Bertz CT molecular complexity index is 693. The van der Waals surface area contributed by atoms with E-state index in [0.29, 0.717) is 0 Å². The molecule has 0 bridgehead atoms. The Morgan fingerprint density at radius 2 is 1.76 bits per heavy atom. The molecule has 106 valence electrons. The number of anilines is 1. The van der Waals surface area contributed by atoms with Crippen LogP contribution in [0.15, 0.2) is 54.6 Å². The second-order valence-corrected chi connectivity index (χ2v) is 4.19. The van der Waals surface area contributed by atoms with Crippen LogP contribution in [0.1, 0.15) is 15.9 Å². The summed E-state index contributed by atoms with van der Waals surface area (Å²) in [6, 6.07) is 13.2. The van der Waals surface area contributed by atoms with E-state index in [1.165, 1.54) is 24.3 Å². The Hall–Kier alpha value is -3.08. The molecule has 0 heterocycles. The number of carbonyl (C=O) groups excluding carboxylic acids is 2. The number of ether oxygens (including phenoxy) is 1. The summed E-state index contributed by atoms with van der Waals surface area (Å²) in [5.41, 5.74) is 6.17. The molecule has 2 aromatic rings. The van der Waals surface area contributed by atoms with Gasteiger partial charge in [-0.2, -0.15) is 0 Å². The van der Waals surface area contributed by atoms with E-state index < -0.39 is 11.9 Å². The molecule has 5 nitrogen and oxygen atoms in total. The largest absolute Gasteiger partial charge is 0.506 e. The molecule has 0 unspecified atom stereocenters. The number of para-hydroxylation sites is 1. The van der Waals surface area contributed by atoms with E-state index >= 15 is 0 Å². The number of nitrogens with two attached hydrogens (primary N) is 1. The van der Waals surface area contributed by atoms with E-state index in [-0.39, 0.29) is 17.0 Å². The van der Waals surface area contributed by atoms with E-state index in [0.717, 1.165) is 11.6 Å². The SMILES string of the molecule is Nc1c(O)cccc1C(=O)OC(=O)C=Cc1ccccc1. The van der Waals surface area contributed by atoms with E-state index in [4.69, 9.17) is 5.73 Å². The van der Waals surface area contributed by atoms with Crippen molar-refractivity contribution in [1.29, 1.82) is 0 Å². The van der Waals surface area contributed by atoms with E-state index in [1.54, 1.807) is 12.1 Å². The van der Waals surface area contributed by atoms with Gasteiger partial charge in [-0.3, -0.25) is 0 Å². The summed E-state index contributed by atoms with van der Waals surface area (Å²) in [5, 5.41) is 9.40. The Kier molecular flexibility index (Phi) is 4.36. The third-order valence-corrected chi connectivity index (χ3v) is 2.71. The van der Waals surface area contributed by atoms with Gasteiger partial charge >= 0.3 is 11.9 Å². The lowest BCUT2D eigenvalue weighted by atomic mass is 10.1. The number of hydrogen-bond donors (Lipinski definition) is 2. The lowest BCUT2D eigenvalue weighted by Crippen LogP contribution is -2.12. The average molecular weight is 283 g/mol. The fraction of sp³-hybridized carbons (Fsp3) is 0. The molecule has 0 aliphatic rings. The summed E-state index contributed by atoms with van der Waals surface area (Å²) < 4.78 is 4.64. The number of aromatic hydroxyl groups is 1. The molecular formula is C16H13NO4. The van der Waals surface area contributed by atoms with Crippen LogP contribution in [0.3, 0.4) is 0 Å². The molecule has 0 saturated carbocycles. The summed E-state index contributed by atoms with van der Waals surface area (Å²) in [7, 11) is 0. The maximum atomic E-state index is 11.8. The average Bonchev–Trinajstić information content (AvgIpc) is 2.49. The zero-order chi connectivity index (χ0) is 15.2. The minimum absolute atomic E-state index is 0.0588. The normalized spacial score (nSPS) is 10.5. The van der Waals surface area contributed by atoms with Gasteiger partial charge in [-0.25, -0.2) is 9.59 Å². The molecule has 3 N–H and O–H groups in total. The number of carbonyl (C=O) groups is 2. The van der Waals surface area contributed by atoms with Crippen LogP contribution < -0.4 is 5.73 Å². The molecule has 0 aromatic heterocycles. The van der Waals surface area contributed by atoms with Crippen molar-refractivity contribution < 1.29 is 19.4 Å². The van der Waals surface area contributed by atoms with E-state index in [1.807, 2.05) is 18.2 Å². The van der Waals surface area contributed by atoms with Crippen LogP contribution in [0.25, 0.3) is 6.08 Å². The summed E-state index contributed by atoms with van der Waals surface area (Å²) >= 11 is 0. The Morgan fingerprint density at radius 3 is 2.48 bits per heavy atom. The number of benzene rings is 2. The molecule has 0 aliphatic heterocycles. The molecule has 0 aliphatic carbocycles. The number of nitrogen functional groups attached to an aromatic ring is 1. The van der Waals surface area contributed by atoms with Crippen LogP contribution in [0, 0.1) is 0 Å². The Balaban J connectivity index is 2.04. The molecular weight excluding hydrogens is 270 g/mol. The first-order chi connectivity index (χ1) is 10.1. The van der Waals surface area contributed by atoms with Gasteiger partial charge in [0.05, 0.1) is 11.3 Å². The third kappa shape index (κ3) is 3.70. The monoisotopic (exact) mass is 283 g/mol. The molecule has 5 heteroatoms. The molecule has 2 rings (SSSR count). The molecule has 0 amide bonds. The van der Waals surface area contributed by atoms with Gasteiger partial charge in [-0.15, -0.1) is 0 Å².